The normalized spacial score (nSPS) is 11.8. The number of methoxy groups -OCH3 is 1. The van der Waals surface area contributed by atoms with Crippen molar-refractivity contribution in [2.24, 2.45) is 0 Å². The van der Waals surface area contributed by atoms with Crippen molar-refractivity contribution in [2.75, 3.05) is 13.7 Å². The molecule has 1 heterocycles. The number of amides is 1. The molecule has 2 aromatic rings. The molecule has 0 spiro atoms. The summed E-state index contributed by atoms with van der Waals surface area (Å²) in [5, 5.41) is 5.31. The Hall–Kier alpha value is -1.72. The van der Waals surface area contributed by atoms with E-state index >= 15 is 0 Å². The van der Waals surface area contributed by atoms with E-state index in [1.54, 1.807) is 23.5 Å². The first-order valence-electron chi connectivity index (χ1n) is 7.41. The van der Waals surface area contributed by atoms with Crippen molar-refractivity contribution in [3.8, 4) is 11.5 Å². The summed E-state index contributed by atoms with van der Waals surface area (Å²) >= 11 is 7.85. The zero-order valence-electron chi connectivity index (χ0n) is 13.4. The first-order valence-corrected chi connectivity index (χ1v) is 8.67. The van der Waals surface area contributed by atoms with E-state index in [1.165, 1.54) is 7.11 Å². The van der Waals surface area contributed by atoms with Gasteiger partial charge in [0.1, 0.15) is 0 Å². The summed E-state index contributed by atoms with van der Waals surface area (Å²) in [7, 11) is 1.53. The van der Waals surface area contributed by atoms with Crippen LogP contribution < -0.4 is 14.8 Å². The van der Waals surface area contributed by atoms with Crippen LogP contribution in [0.25, 0.3) is 0 Å². The molecule has 0 radical (unpaired) electrons. The lowest BCUT2D eigenvalue weighted by molar-refractivity contribution is 0.0940. The summed E-state index contributed by atoms with van der Waals surface area (Å²) in [4.78, 5) is 13.5. The lowest BCUT2D eigenvalue weighted by Gasteiger charge is -2.15. The van der Waals surface area contributed by atoms with E-state index in [0.29, 0.717) is 28.7 Å². The number of benzene rings is 1. The van der Waals surface area contributed by atoms with E-state index in [9.17, 15) is 4.79 Å². The second-order valence-corrected chi connectivity index (χ2v) is 6.43. The molecule has 1 atom stereocenters. The molecule has 4 nitrogen and oxygen atoms in total. The van der Waals surface area contributed by atoms with E-state index < -0.39 is 0 Å². The molecular weight excluding hydrogens is 334 g/mol. The van der Waals surface area contributed by atoms with Crippen molar-refractivity contribution in [3.05, 3.63) is 45.1 Å². The molecule has 2 rings (SSSR count). The SMILES string of the molecule is CCCOc1c(Cl)cc(C(=O)N[C@@H](C)c2cccs2)cc1OC. The highest BCUT2D eigenvalue weighted by Gasteiger charge is 2.18. The maximum Gasteiger partial charge on any atom is 0.251 e. The quantitative estimate of drug-likeness (QED) is 0.785. The Balaban J connectivity index is 2.18. The van der Waals surface area contributed by atoms with Crippen LogP contribution in [-0.4, -0.2) is 19.6 Å². The molecule has 0 bridgehead atoms. The van der Waals surface area contributed by atoms with Crippen molar-refractivity contribution < 1.29 is 14.3 Å². The number of hydrogen-bond donors (Lipinski definition) is 1. The third kappa shape index (κ3) is 4.39. The monoisotopic (exact) mass is 353 g/mol. The van der Waals surface area contributed by atoms with Crippen molar-refractivity contribution in [1.29, 1.82) is 0 Å². The minimum absolute atomic E-state index is 0.0664. The van der Waals surface area contributed by atoms with Crippen molar-refractivity contribution in [2.45, 2.75) is 26.3 Å². The molecule has 6 heteroatoms. The zero-order valence-corrected chi connectivity index (χ0v) is 15.0. The number of halogens is 1. The highest BCUT2D eigenvalue weighted by molar-refractivity contribution is 7.10. The van der Waals surface area contributed by atoms with Gasteiger partial charge in [-0.2, -0.15) is 0 Å². The van der Waals surface area contributed by atoms with Gasteiger partial charge in [-0.15, -0.1) is 11.3 Å². The number of rotatable bonds is 7. The summed E-state index contributed by atoms with van der Waals surface area (Å²) < 4.78 is 10.9. The molecule has 1 amide bonds. The van der Waals surface area contributed by atoms with Gasteiger partial charge in [-0.05, 0) is 36.9 Å². The standard InChI is InChI=1S/C17H20ClNO3S/c1-4-7-22-16-13(18)9-12(10-14(16)21-3)17(20)19-11(2)15-6-5-8-23-15/h5-6,8-11H,4,7H2,1-3H3,(H,19,20)/t11-/m0/s1. The molecule has 124 valence electrons. The van der Waals surface area contributed by atoms with E-state index in [2.05, 4.69) is 5.32 Å². The molecule has 1 aromatic heterocycles. The van der Waals surface area contributed by atoms with Crippen molar-refractivity contribution >= 4 is 28.8 Å². The lowest BCUT2D eigenvalue weighted by Crippen LogP contribution is -2.26. The molecule has 0 fully saturated rings. The largest absolute Gasteiger partial charge is 0.493 e. The summed E-state index contributed by atoms with van der Waals surface area (Å²) in [6.07, 6.45) is 0.861. The molecule has 1 aromatic carbocycles. The average Bonchev–Trinajstić information content (AvgIpc) is 3.07. The van der Waals surface area contributed by atoms with Crippen LogP contribution in [0.2, 0.25) is 5.02 Å². The van der Waals surface area contributed by atoms with E-state index in [4.69, 9.17) is 21.1 Å². The first-order chi connectivity index (χ1) is 11.1. The van der Waals surface area contributed by atoms with Crippen molar-refractivity contribution in [1.82, 2.24) is 5.32 Å². The Kier molecular flexibility index (Phi) is 6.30. The van der Waals surface area contributed by atoms with Gasteiger partial charge in [0.2, 0.25) is 0 Å². The van der Waals surface area contributed by atoms with Crippen LogP contribution in [0.3, 0.4) is 0 Å². The van der Waals surface area contributed by atoms with Crippen LogP contribution in [0.4, 0.5) is 0 Å². The second kappa shape index (κ2) is 8.22. The smallest absolute Gasteiger partial charge is 0.251 e. The predicted octanol–water partition coefficient (Wildman–Crippen LogP) is 4.69. The van der Waals surface area contributed by atoms with E-state index in [1.807, 2.05) is 31.4 Å². The number of hydrogen-bond acceptors (Lipinski definition) is 4. The summed E-state index contributed by atoms with van der Waals surface area (Å²) in [5.41, 5.74) is 0.444. The van der Waals surface area contributed by atoms with Crippen LogP contribution >= 0.6 is 22.9 Å². The Bertz CT molecular complexity index is 658. The Morgan fingerprint density at radius 3 is 2.83 bits per heavy atom. The molecule has 0 unspecified atom stereocenters. The van der Waals surface area contributed by atoms with Crippen LogP contribution in [0.5, 0.6) is 11.5 Å². The molecule has 0 aliphatic carbocycles. The highest BCUT2D eigenvalue weighted by Crippen LogP contribution is 2.36. The lowest BCUT2D eigenvalue weighted by atomic mass is 10.1. The van der Waals surface area contributed by atoms with Gasteiger partial charge in [0.15, 0.2) is 11.5 Å². The average molecular weight is 354 g/mol. The van der Waals surface area contributed by atoms with Gasteiger partial charge in [0, 0.05) is 10.4 Å². The fourth-order valence-corrected chi connectivity index (χ4v) is 3.08. The molecule has 1 N–H and O–H groups in total. The Morgan fingerprint density at radius 1 is 1.43 bits per heavy atom. The maximum absolute atomic E-state index is 12.4. The molecule has 0 aliphatic rings. The number of carbonyl (C=O) groups is 1. The second-order valence-electron chi connectivity index (χ2n) is 5.05. The highest BCUT2D eigenvalue weighted by atomic mass is 35.5. The van der Waals surface area contributed by atoms with E-state index in [0.717, 1.165) is 11.3 Å². The fourth-order valence-electron chi connectivity index (χ4n) is 2.08. The number of nitrogens with one attached hydrogen (secondary N) is 1. The molecule has 0 saturated carbocycles. The minimum Gasteiger partial charge on any atom is -0.493 e. The van der Waals surface area contributed by atoms with Crippen LogP contribution in [0.15, 0.2) is 29.6 Å². The summed E-state index contributed by atoms with van der Waals surface area (Å²) in [6, 6.07) is 7.13. The molecular formula is C17H20ClNO3S. The maximum atomic E-state index is 12.4. The predicted molar refractivity (Wildman–Crippen MR) is 94.0 cm³/mol. The number of ether oxygens (including phenoxy) is 2. The molecule has 0 aliphatic heterocycles. The van der Waals surface area contributed by atoms with Gasteiger partial charge < -0.3 is 14.8 Å². The van der Waals surface area contributed by atoms with Crippen LogP contribution in [0, 0.1) is 0 Å². The molecule has 23 heavy (non-hydrogen) atoms. The van der Waals surface area contributed by atoms with E-state index in [-0.39, 0.29) is 11.9 Å². The van der Waals surface area contributed by atoms with Gasteiger partial charge in [0.25, 0.3) is 5.91 Å². The van der Waals surface area contributed by atoms with Gasteiger partial charge in [0.05, 0.1) is 24.8 Å². The van der Waals surface area contributed by atoms with Crippen molar-refractivity contribution in [3.63, 3.8) is 0 Å². The van der Waals surface area contributed by atoms with Gasteiger partial charge in [-0.25, -0.2) is 0 Å². The first kappa shape index (κ1) is 17.6. The summed E-state index contributed by atoms with van der Waals surface area (Å²) in [5.74, 6) is 0.729. The Labute approximate surface area is 145 Å². The topological polar surface area (TPSA) is 47.6 Å². The van der Waals surface area contributed by atoms with Gasteiger partial charge in [-0.3, -0.25) is 4.79 Å². The van der Waals surface area contributed by atoms with Gasteiger partial charge >= 0.3 is 0 Å². The summed E-state index contributed by atoms with van der Waals surface area (Å²) in [6.45, 7) is 4.49. The van der Waals surface area contributed by atoms with Crippen LogP contribution in [0.1, 0.15) is 41.5 Å². The number of thiophene rings is 1. The third-order valence-electron chi connectivity index (χ3n) is 3.26. The Morgan fingerprint density at radius 2 is 2.22 bits per heavy atom. The van der Waals surface area contributed by atoms with Crippen LogP contribution in [-0.2, 0) is 0 Å². The van der Waals surface area contributed by atoms with Gasteiger partial charge in [-0.1, -0.05) is 24.6 Å². The fraction of sp³-hybridized carbons (Fsp3) is 0.353. The minimum atomic E-state index is -0.201. The third-order valence-corrected chi connectivity index (χ3v) is 4.60. The zero-order chi connectivity index (χ0) is 16.8. The molecule has 0 saturated heterocycles. The number of carbonyl (C=O) groups excluding carboxylic acids is 1.